The van der Waals surface area contributed by atoms with Crippen LogP contribution in [0.15, 0.2) is 60.7 Å². The molecule has 260 valence electrons. The summed E-state index contributed by atoms with van der Waals surface area (Å²) in [6.45, 7) is 8.12. The van der Waals surface area contributed by atoms with Crippen LogP contribution in [-0.4, -0.2) is 71.2 Å². The number of ether oxygens (including phenoxy) is 2. The Kier molecular flexibility index (Phi) is 8.37. The van der Waals surface area contributed by atoms with Crippen molar-refractivity contribution < 1.29 is 19.1 Å². The van der Waals surface area contributed by atoms with E-state index in [1.807, 2.05) is 51.1 Å². The quantitative estimate of drug-likeness (QED) is 0.199. The first-order valence-electron chi connectivity index (χ1n) is 18.5. The van der Waals surface area contributed by atoms with Gasteiger partial charge in [0.15, 0.2) is 0 Å². The minimum atomic E-state index is -0.594. The highest BCUT2D eigenvalue weighted by molar-refractivity contribution is 6.05. The van der Waals surface area contributed by atoms with E-state index in [0.717, 1.165) is 77.9 Å². The molecular weight excluding hydrogens is 622 g/mol. The zero-order valence-electron chi connectivity index (χ0n) is 30.1. The van der Waals surface area contributed by atoms with E-state index in [4.69, 9.17) is 9.47 Å². The van der Waals surface area contributed by atoms with Gasteiger partial charge in [0, 0.05) is 53.7 Å². The fourth-order valence-corrected chi connectivity index (χ4v) is 9.20. The number of carbonyl (C=O) groups is 2. The molecule has 7 nitrogen and oxygen atoms in total. The molecule has 0 radical (unpaired) electrons. The fraction of sp³-hybridized carbons (Fsp3) is 0.442. The number of allylic oxidation sites excluding steroid dienone is 1. The van der Waals surface area contributed by atoms with Gasteiger partial charge >= 0.3 is 5.97 Å². The molecule has 1 aliphatic carbocycles. The Morgan fingerprint density at radius 3 is 2.30 bits per heavy atom. The number of nitrogens with zero attached hydrogens (tertiary/aromatic N) is 3. The van der Waals surface area contributed by atoms with E-state index in [2.05, 4.69) is 57.8 Å². The number of esters is 1. The maximum Gasteiger partial charge on any atom is 0.338 e. The number of piperazine rings is 1. The van der Waals surface area contributed by atoms with Gasteiger partial charge in [-0.1, -0.05) is 43.5 Å². The standard InChI is InChI=1S/C43H49N3O4/c1-43(2,3)50-42(48)28-15-19-37-38(23-28)45-24-30(34-13-9-10-14-36(34)41(47)46-31-16-17-32(46)26-44(4)25-31)21-29-22-33(49-5)18-20-35(29)40(45)39(37)27-11-7-6-8-12-27/h9-10,13-15,18-23,27,31-32H,6-8,11-12,16-17,24-26H2,1-5H3. The number of likely N-dealkylation sites (tertiary alicyclic amines) is 1. The summed E-state index contributed by atoms with van der Waals surface area (Å²) < 4.78 is 14.0. The van der Waals surface area contributed by atoms with E-state index < -0.39 is 5.60 Å². The Bertz CT molecular complexity index is 2000. The van der Waals surface area contributed by atoms with Gasteiger partial charge in [-0.2, -0.15) is 0 Å². The van der Waals surface area contributed by atoms with Crippen LogP contribution in [0.2, 0.25) is 0 Å². The third kappa shape index (κ3) is 5.83. The van der Waals surface area contributed by atoms with E-state index >= 15 is 0 Å². The van der Waals surface area contributed by atoms with Gasteiger partial charge in [0.2, 0.25) is 0 Å². The minimum absolute atomic E-state index is 0.130. The van der Waals surface area contributed by atoms with Crippen LogP contribution in [0.5, 0.6) is 5.75 Å². The zero-order valence-corrected chi connectivity index (χ0v) is 30.1. The molecule has 0 spiro atoms. The van der Waals surface area contributed by atoms with E-state index in [0.29, 0.717) is 18.0 Å². The van der Waals surface area contributed by atoms with Crippen LogP contribution in [0, 0.1) is 0 Å². The van der Waals surface area contributed by atoms with Crippen molar-refractivity contribution in [3.05, 3.63) is 88.5 Å². The molecule has 3 aliphatic heterocycles. The lowest BCUT2D eigenvalue weighted by atomic mass is 9.81. The van der Waals surface area contributed by atoms with Crippen molar-refractivity contribution in [3.63, 3.8) is 0 Å². The van der Waals surface area contributed by atoms with Gasteiger partial charge in [-0.3, -0.25) is 4.79 Å². The molecule has 4 aromatic rings. The number of rotatable bonds is 5. The summed E-state index contributed by atoms with van der Waals surface area (Å²) in [6, 6.07) is 21.1. The second kappa shape index (κ2) is 12.8. The van der Waals surface area contributed by atoms with Gasteiger partial charge < -0.3 is 23.8 Å². The zero-order chi connectivity index (χ0) is 34.7. The van der Waals surface area contributed by atoms with E-state index in [9.17, 15) is 9.59 Å². The summed E-state index contributed by atoms with van der Waals surface area (Å²) in [5.74, 6) is 1.04. The molecule has 2 saturated heterocycles. The predicted molar refractivity (Wildman–Crippen MR) is 200 cm³/mol. The van der Waals surface area contributed by atoms with Crippen molar-refractivity contribution in [2.45, 2.75) is 95.9 Å². The molecule has 2 bridgehead atoms. The van der Waals surface area contributed by atoms with E-state index in [-0.39, 0.29) is 24.0 Å². The summed E-state index contributed by atoms with van der Waals surface area (Å²) >= 11 is 0. The lowest BCUT2D eigenvalue weighted by Crippen LogP contribution is -2.54. The van der Waals surface area contributed by atoms with Crippen LogP contribution in [0.3, 0.4) is 0 Å². The number of carbonyl (C=O) groups excluding carboxylic acids is 2. The molecule has 50 heavy (non-hydrogen) atoms. The average Bonchev–Trinajstić information content (AvgIpc) is 3.50. The van der Waals surface area contributed by atoms with Gasteiger partial charge in [0.05, 0.1) is 18.4 Å². The van der Waals surface area contributed by atoms with Crippen molar-refractivity contribution >= 4 is 34.4 Å². The third-order valence-electron chi connectivity index (χ3n) is 11.3. The lowest BCUT2D eigenvalue weighted by molar-refractivity contribution is 0.00694. The van der Waals surface area contributed by atoms with Gasteiger partial charge in [-0.05, 0) is 124 Å². The van der Waals surface area contributed by atoms with Crippen LogP contribution in [0.1, 0.15) is 109 Å². The van der Waals surface area contributed by atoms with Crippen LogP contribution >= 0.6 is 0 Å². The first-order chi connectivity index (χ1) is 24.1. The SMILES string of the molecule is COc1ccc2c(c1)C=C(c1ccccc1C(=O)N1C3CCC1CN(C)C3)Cn1c-2c(C2CCCCC2)c2ccc(C(=O)OC(C)(C)C)cc21. The lowest BCUT2D eigenvalue weighted by Gasteiger charge is -2.39. The summed E-state index contributed by atoms with van der Waals surface area (Å²) in [6.07, 6.45) is 10.4. The maximum absolute atomic E-state index is 14.6. The van der Waals surface area contributed by atoms with Crippen LogP contribution in [-0.2, 0) is 11.3 Å². The molecule has 8 rings (SSSR count). The molecule has 7 heteroatoms. The summed E-state index contributed by atoms with van der Waals surface area (Å²) in [4.78, 5) is 32.6. The van der Waals surface area contributed by atoms with Crippen LogP contribution in [0.4, 0.5) is 0 Å². The molecule has 4 heterocycles. The Balaban J connectivity index is 1.32. The van der Waals surface area contributed by atoms with Crippen molar-refractivity contribution in [2.24, 2.45) is 0 Å². The van der Waals surface area contributed by atoms with Crippen molar-refractivity contribution in [2.75, 3.05) is 27.2 Å². The average molecular weight is 672 g/mol. The summed E-state index contributed by atoms with van der Waals surface area (Å²) in [5, 5.41) is 1.20. The highest BCUT2D eigenvalue weighted by Crippen LogP contribution is 2.48. The molecule has 2 atom stereocenters. The second-order valence-electron chi connectivity index (χ2n) is 15.9. The number of aromatic nitrogens is 1. The number of amides is 1. The number of likely N-dealkylation sites (N-methyl/N-ethyl adjacent to an activating group) is 1. The van der Waals surface area contributed by atoms with Crippen molar-refractivity contribution in [1.29, 1.82) is 0 Å². The van der Waals surface area contributed by atoms with Gasteiger partial charge in [-0.15, -0.1) is 0 Å². The highest BCUT2D eigenvalue weighted by Gasteiger charge is 2.42. The highest BCUT2D eigenvalue weighted by atomic mass is 16.6. The van der Waals surface area contributed by atoms with Gasteiger partial charge in [-0.25, -0.2) is 4.79 Å². The van der Waals surface area contributed by atoms with E-state index in [1.54, 1.807) is 7.11 Å². The Hall–Kier alpha value is -4.36. The predicted octanol–water partition coefficient (Wildman–Crippen LogP) is 8.79. The van der Waals surface area contributed by atoms with Crippen LogP contribution in [0.25, 0.3) is 33.8 Å². The number of methoxy groups -OCH3 is 1. The van der Waals surface area contributed by atoms with Crippen molar-refractivity contribution in [1.82, 2.24) is 14.4 Å². The van der Waals surface area contributed by atoms with Gasteiger partial charge in [0.1, 0.15) is 11.4 Å². The first-order valence-corrected chi connectivity index (χ1v) is 18.5. The Morgan fingerprint density at radius 1 is 0.840 bits per heavy atom. The fourth-order valence-electron chi connectivity index (χ4n) is 9.20. The minimum Gasteiger partial charge on any atom is -0.497 e. The summed E-state index contributed by atoms with van der Waals surface area (Å²) in [5.41, 5.74) is 8.57. The first kappa shape index (κ1) is 32.8. The molecule has 3 fully saturated rings. The van der Waals surface area contributed by atoms with Crippen molar-refractivity contribution in [3.8, 4) is 17.0 Å². The number of benzene rings is 3. The van der Waals surface area contributed by atoms with E-state index in [1.165, 1.54) is 35.9 Å². The molecule has 0 N–H and O–H groups in total. The smallest absolute Gasteiger partial charge is 0.338 e. The molecule has 2 unspecified atom stereocenters. The van der Waals surface area contributed by atoms with Crippen LogP contribution < -0.4 is 4.74 Å². The maximum atomic E-state index is 14.6. The monoisotopic (exact) mass is 671 g/mol. The molecular formula is C43H49N3O4. The summed E-state index contributed by atoms with van der Waals surface area (Å²) in [7, 11) is 3.88. The molecule has 3 aromatic carbocycles. The Labute approximate surface area is 295 Å². The second-order valence-corrected chi connectivity index (χ2v) is 15.9. The number of hydrogen-bond acceptors (Lipinski definition) is 5. The Morgan fingerprint density at radius 2 is 1.58 bits per heavy atom. The number of fused-ring (bicyclic) bond motifs is 7. The molecule has 1 amide bonds. The third-order valence-corrected chi connectivity index (χ3v) is 11.3. The topological polar surface area (TPSA) is 64.0 Å². The largest absolute Gasteiger partial charge is 0.497 e. The normalized spacial score (nSPS) is 21.0. The molecule has 1 saturated carbocycles. The molecule has 4 aliphatic rings. The molecule has 1 aromatic heterocycles. The van der Waals surface area contributed by atoms with Gasteiger partial charge in [0.25, 0.3) is 5.91 Å². The number of hydrogen-bond donors (Lipinski definition) is 0.